The monoisotopic (exact) mass is 268 g/mol. The molecule has 0 spiro atoms. The predicted molar refractivity (Wildman–Crippen MR) is 65.4 cm³/mol. The van der Waals surface area contributed by atoms with Gasteiger partial charge in [-0.3, -0.25) is 4.79 Å². The third-order valence-corrected chi connectivity index (χ3v) is 3.23. The molecule has 2 rings (SSSR count). The number of furan rings is 1. The van der Waals surface area contributed by atoms with Crippen LogP contribution in [0.5, 0.6) is 0 Å². The van der Waals surface area contributed by atoms with Crippen LogP contribution in [0.15, 0.2) is 21.9 Å². The van der Waals surface area contributed by atoms with Crippen LogP contribution in [-0.4, -0.2) is 33.7 Å². The minimum atomic E-state index is -0.343. The number of carbonyl (C=O) groups excluding carboxylic acids is 1. The summed E-state index contributed by atoms with van der Waals surface area (Å²) in [5, 5.41) is 8.34. The molecule has 0 saturated carbocycles. The number of methoxy groups -OCH3 is 1. The van der Waals surface area contributed by atoms with Crippen molar-refractivity contribution < 1.29 is 13.9 Å². The second kappa shape index (κ2) is 5.13. The maximum Gasteiger partial charge on any atom is 0.316 e. The van der Waals surface area contributed by atoms with Gasteiger partial charge in [0.25, 0.3) is 0 Å². The molecule has 0 amide bonds. The van der Waals surface area contributed by atoms with Crippen LogP contribution in [0, 0.1) is 6.92 Å². The Hall–Kier alpha value is -1.96. The molecule has 0 atom stereocenters. The minimum Gasteiger partial charge on any atom is -0.469 e. The van der Waals surface area contributed by atoms with Crippen LogP contribution >= 0.6 is 11.8 Å². The molecule has 2 heterocycles. The van der Waals surface area contributed by atoms with E-state index in [-0.39, 0.29) is 11.7 Å². The van der Waals surface area contributed by atoms with Crippen LogP contribution in [-0.2, 0) is 9.53 Å². The van der Waals surface area contributed by atoms with E-state index in [1.54, 1.807) is 12.3 Å². The number of ether oxygens (including phenoxy) is 1. The number of thioether (sulfide) groups is 1. The van der Waals surface area contributed by atoms with Crippen molar-refractivity contribution in [1.82, 2.24) is 14.9 Å². The van der Waals surface area contributed by atoms with Gasteiger partial charge in [-0.1, -0.05) is 11.8 Å². The first-order valence-corrected chi connectivity index (χ1v) is 6.06. The van der Waals surface area contributed by atoms with Crippen LogP contribution in [0.2, 0.25) is 0 Å². The topological polar surface area (TPSA) is 96.2 Å². The van der Waals surface area contributed by atoms with Crippen molar-refractivity contribution in [3.8, 4) is 11.4 Å². The van der Waals surface area contributed by atoms with E-state index in [1.165, 1.54) is 11.8 Å². The number of aromatic nitrogens is 3. The van der Waals surface area contributed by atoms with Gasteiger partial charge in [0.05, 0.1) is 24.7 Å². The summed E-state index contributed by atoms with van der Waals surface area (Å²) in [5.74, 6) is 6.86. The SMILES string of the molecule is COC(=O)CSc1nnc(-c2ccoc2C)n1N. The third-order valence-electron chi connectivity index (χ3n) is 2.31. The van der Waals surface area contributed by atoms with Gasteiger partial charge in [-0.25, -0.2) is 4.68 Å². The summed E-state index contributed by atoms with van der Waals surface area (Å²) in [6, 6.07) is 1.76. The smallest absolute Gasteiger partial charge is 0.316 e. The summed E-state index contributed by atoms with van der Waals surface area (Å²) in [7, 11) is 1.33. The standard InChI is InChI=1S/C10H12N4O3S/c1-6-7(3-4-17-6)9-12-13-10(14(9)11)18-5-8(15)16-2/h3-4H,5,11H2,1-2H3. The second-order valence-corrected chi connectivity index (χ2v) is 4.37. The summed E-state index contributed by atoms with van der Waals surface area (Å²) in [5.41, 5.74) is 0.773. The first kappa shape index (κ1) is 12.5. The lowest BCUT2D eigenvalue weighted by Gasteiger charge is -2.02. The Balaban J connectivity index is 2.19. The van der Waals surface area contributed by atoms with Gasteiger partial charge < -0.3 is 15.0 Å². The number of rotatable bonds is 4. The molecule has 2 aromatic rings. The van der Waals surface area contributed by atoms with Crippen molar-refractivity contribution >= 4 is 17.7 Å². The Kier molecular flexibility index (Phi) is 3.56. The second-order valence-electron chi connectivity index (χ2n) is 3.43. The van der Waals surface area contributed by atoms with Gasteiger partial charge >= 0.3 is 5.97 Å². The molecule has 0 aromatic carbocycles. The Morgan fingerprint density at radius 2 is 2.39 bits per heavy atom. The molecule has 0 saturated heterocycles. The maximum absolute atomic E-state index is 11.0. The number of nitrogens with two attached hydrogens (primary N) is 1. The third kappa shape index (κ3) is 2.33. The first-order valence-electron chi connectivity index (χ1n) is 5.08. The molecule has 0 fully saturated rings. The number of carbonyl (C=O) groups is 1. The molecule has 0 bridgehead atoms. The van der Waals surface area contributed by atoms with Crippen LogP contribution in [0.25, 0.3) is 11.4 Å². The highest BCUT2D eigenvalue weighted by Gasteiger charge is 2.16. The molecule has 8 heteroatoms. The highest BCUT2D eigenvalue weighted by atomic mass is 32.2. The van der Waals surface area contributed by atoms with Crippen LogP contribution < -0.4 is 5.84 Å². The zero-order valence-corrected chi connectivity index (χ0v) is 10.7. The van der Waals surface area contributed by atoms with Crippen LogP contribution in [0.3, 0.4) is 0 Å². The van der Waals surface area contributed by atoms with Crippen molar-refractivity contribution in [2.75, 3.05) is 18.7 Å². The summed E-state index contributed by atoms with van der Waals surface area (Å²) in [4.78, 5) is 11.0. The molecular weight excluding hydrogens is 256 g/mol. The molecule has 0 aliphatic heterocycles. The average Bonchev–Trinajstić information content (AvgIpc) is 2.93. The van der Waals surface area contributed by atoms with E-state index in [0.717, 1.165) is 17.3 Å². The molecule has 7 nitrogen and oxygen atoms in total. The molecule has 0 aliphatic rings. The van der Waals surface area contributed by atoms with Gasteiger partial charge in [-0.15, -0.1) is 10.2 Å². The number of esters is 1. The number of hydrogen-bond acceptors (Lipinski definition) is 7. The van der Waals surface area contributed by atoms with Gasteiger partial charge in [-0.2, -0.15) is 0 Å². The zero-order chi connectivity index (χ0) is 13.1. The molecule has 0 unspecified atom stereocenters. The van der Waals surface area contributed by atoms with E-state index in [0.29, 0.717) is 16.7 Å². The number of hydrogen-bond donors (Lipinski definition) is 1. The number of aryl methyl sites for hydroxylation is 1. The summed E-state index contributed by atoms with van der Waals surface area (Å²) in [6.07, 6.45) is 1.56. The quantitative estimate of drug-likeness (QED) is 0.498. The van der Waals surface area contributed by atoms with Crippen LogP contribution in [0.1, 0.15) is 5.76 Å². The Morgan fingerprint density at radius 3 is 3.00 bits per heavy atom. The van der Waals surface area contributed by atoms with Gasteiger partial charge in [-0.05, 0) is 13.0 Å². The van der Waals surface area contributed by atoms with E-state index in [1.807, 2.05) is 6.92 Å². The fourth-order valence-electron chi connectivity index (χ4n) is 1.36. The van der Waals surface area contributed by atoms with E-state index in [4.69, 9.17) is 10.3 Å². The Morgan fingerprint density at radius 1 is 1.61 bits per heavy atom. The average molecular weight is 268 g/mol. The first-order chi connectivity index (χ1) is 8.63. The zero-order valence-electron chi connectivity index (χ0n) is 9.91. The van der Waals surface area contributed by atoms with Crippen molar-refractivity contribution in [3.05, 3.63) is 18.1 Å². The molecule has 2 N–H and O–H groups in total. The summed E-state index contributed by atoms with van der Waals surface area (Å²) in [6.45, 7) is 1.81. The van der Waals surface area contributed by atoms with Gasteiger partial charge in [0.15, 0.2) is 5.82 Å². The van der Waals surface area contributed by atoms with Crippen molar-refractivity contribution in [2.24, 2.45) is 0 Å². The fourth-order valence-corrected chi connectivity index (χ4v) is 2.05. The molecule has 0 aliphatic carbocycles. The van der Waals surface area contributed by atoms with E-state index >= 15 is 0 Å². The lowest BCUT2D eigenvalue weighted by molar-refractivity contribution is -0.137. The Bertz CT molecular complexity index is 563. The van der Waals surface area contributed by atoms with Gasteiger partial charge in [0.1, 0.15) is 5.76 Å². The highest BCUT2D eigenvalue weighted by Crippen LogP contribution is 2.24. The van der Waals surface area contributed by atoms with Gasteiger partial charge in [0.2, 0.25) is 5.16 Å². The van der Waals surface area contributed by atoms with Gasteiger partial charge in [0, 0.05) is 0 Å². The van der Waals surface area contributed by atoms with Crippen molar-refractivity contribution in [2.45, 2.75) is 12.1 Å². The van der Waals surface area contributed by atoms with E-state index in [9.17, 15) is 4.79 Å². The Labute approximate surface area is 107 Å². The lowest BCUT2D eigenvalue weighted by atomic mass is 10.2. The fraction of sp³-hybridized carbons (Fsp3) is 0.300. The van der Waals surface area contributed by atoms with Crippen molar-refractivity contribution in [3.63, 3.8) is 0 Å². The molecule has 18 heavy (non-hydrogen) atoms. The van der Waals surface area contributed by atoms with Crippen LogP contribution in [0.4, 0.5) is 0 Å². The maximum atomic E-state index is 11.0. The van der Waals surface area contributed by atoms with Crippen molar-refractivity contribution in [1.29, 1.82) is 0 Å². The van der Waals surface area contributed by atoms with E-state index in [2.05, 4.69) is 14.9 Å². The minimum absolute atomic E-state index is 0.135. The summed E-state index contributed by atoms with van der Waals surface area (Å²) >= 11 is 1.16. The number of nitrogens with zero attached hydrogens (tertiary/aromatic N) is 3. The lowest BCUT2D eigenvalue weighted by Crippen LogP contribution is -2.13. The number of nitrogen functional groups attached to an aromatic ring is 1. The molecule has 2 aromatic heterocycles. The molecule has 96 valence electrons. The van der Waals surface area contributed by atoms with E-state index < -0.39 is 0 Å². The highest BCUT2D eigenvalue weighted by molar-refractivity contribution is 7.99. The predicted octanol–water partition coefficient (Wildman–Crippen LogP) is 0.825. The molecule has 0 radical (unpaired) electrons. The summed E-state index contributed by atoms with van der Waals surface area (Å²) < 4.78 is 11.0. The molecular formula is C10H12N4O3S. The normalized spacial score (nSPS) is 10.6. The largest absolute Gasteiger partial charge is 0.469 e.